The largest absolute Gasteiger partial charge is 0.320 e. The van der Waals surface area contributed by atoms with E-state index in [0.29, 0.717) is 11.3 Å². The summed E-state index contributed by atoms with van der Waals surface area (Å²) in [5.41, 5.74) is 1.63. The Labute approximate surface area is 118 Å². The number of carbonyl (C=O) groups excluding carboxylic acids is 1. The van der Waals surface area contributed by atoms with E-state index in [1.807, 2.05) is 12.1 Å². The molecule has 0 unspecified atom stereocenters. The zero-order valence-electron chi connectivity index (χ0n) is 10.7. The predicted octanol–water partition coefficient (Wildman–Crippen LogP) is 2.72. The van der Waals surface area contributed by atoms with E-state index in [1.54, 1.807) is 12.3 Å². The van der Waals surface area contributed by atoms with E-state index in [0.717, 1.165) is 10.9 Å². The second-order valence-electron chi connectivity index (χ2n) is 4.40. The summed E-state index contributed by atoms with van der Waals surface area (Å²) in [4.78, 5) is 22.2. The van der Waals surface area contributed by atoms with Crippen molar-refractivity contribution < 1.29 is 9.72 Å². The van der Waals surface area contributed by atoms with Crippen molar-refractivity contribution in [2.24, 2.45) is 0 Å². The van der Waals surface area contributed by atoms with E-state index >= 15 is 0 Å². The number of non-ortho nitro benzene ring substituents is 1. The molecule has 0 spiro atoms. The summed E-state index contributed by atoms with van der Waals surface area (Å²) in [5.74, 6) is -0.341. The van der Waals surface area contributed by atoms with Gasteiger partial charge in [-0.1, -0.05) is 12.1 Å². The van der Waals surface area contributed by atoms with E-state index in [9.17, 15) is 14.9 Å². The molecule has 0 radical (unpaired) electrons. The van der Waals surface area contributed by atoms with E-state index in [4.69, 9.17) is 0 Å². The van der Waals surface area contributed by atoms with Crippen molar-refractivity contribution in [2.45, 2.75) is 0 Å². The first kappa shape index (κ1) is 12.8. The number of aromatic nitrogens is 2. The highest BCUT2D eigenvalue weighted by molar-refractivity contribution is 6.08. The number of hydrogen-bond donors (Lipinski definition) is 2. The first-order valence-electron chi connectivity index (χ1n) is 6.13. The molecule has 21 heavy (non-hydrogen) atoms. The van der Waals surface area contributed by atoms with Crippen molar-refractivity contribution in [1.82, 2.24) is 10.2 Å². The molecule has 0 saturated heterocycles. The second-order valence-corrected chi connectivity index (χ2v) is 4.40. The van der Waals surface area contributed by atoms with Gasteiger partial charge in [-0.15, -0.1) is 0 Å². The smallest absolute Gasteiger partial charge is 0.269 e. The summed E-state index contributed by atoms with van der Waals surface area (Å²) < 4.78 is 0. The third-order valence-electron chi connectivity index (χ3n) is 3.07. The molecule has 7 heteroatoms. The fraction of sp³-hybridized carbons (Fsp3) is 0. The topological polar surface area (TPSA) is 101 Å². The summed E-state index contributed by atoms with van der Waals surface area (Å²) in [7, 11) is 0. The fourth-order valence-electron chi connectivity index (χ4n) is 2.00. The molecule has 0 atom stereocenters. The Bertz CT molecular complexity index is 824. The maximum Gasteiger partial charge on any atom is 0.269 e. The van der Waals surface area contributed by atoms with Crippen molar-refractivity contribution in [3.63, 3.8) is 0 Å². The monoisotopic (exact) mass is 282 g/mol. The molecule has 104 valence electrons. The highest BCUT2D eigenvalue weighted by atomic mass is 16.6. The minimum absolute atomic E-state index is 0.0535. The lowest BCUT2D eigenvalue weighted by molar-refractivity contribution is -0.384. The van der Waals surface area contributed by atoms with Gasteiger partial charge < -0.3 is 5.32 Å². The maximum atomic E-state index is 12.1. The minimum atomic E-state index is -0.507. The van der Waals surface area contributed by atoms with Gasteiger partial charge in [-0.25, -0.2) is 0 Å². The number of amides is 1. The van der Waals surface area contributed by atoms with Gasteiger partial charge in [0.25, 0.3) is 11.6 Å². The number of aromatic amines is 1. The first-order valence-corrected chi connectivity index (χ1v) is 6.13. The number of H-pyrrole nitrogens is 1. The molecule has 0 bridgehead atoms. The number of fused-ring (bicyclic) bond motifs is 1. The van der Waals surface area contributed by atoms with Crippen LogP contribution in [0.3, 0.4) is 0 Å². The lowest BCUT2D eigenvalue weighted by atomic mass is 10.1. The van der Waals surface area contributed by atoms with Crippen molar-refractivity contribution in [3.8, 4) is 0 Å². The number of nitro benzene ring substituents is 1. The van der Waals surface area contributed by atoms with Crippen LogP contribution in [-0.4, -0.2) is 21.0 Å². The number of para-hydroxylation sites is 1. The van der Waals surface area contributed by atoms with Gasteiger partial charge in [0, 0.05) is 23.1 Å². The fourth-order valence-corrected chi connectivity index (χ4v) is 2.00. The Balaban J connectivity index is 1.86. The van der Waals surface area contributed by atoms with Crippen LogP contribution in [0.2, 0.25) is 0 Å². The van der Waals surface area contributed by atoms with Crippen LogP contribution < -0.4 is 5.32 Å². The Kier molecular flexibility index (Phi) is 3.07. The van der Waals surface area contributed by atoms with Gasteiger partial charge in [-0.3, -0.25) is 20.0 Å². The zero-order chi connectivity index (χ0) is 14.8. The molecule has 7 nitrogen and oxygen atoms in total. The van der Waals surface area contributed by atoms with E-state index in [1.165, 1.54) is 24.3 Å². The van der Waals surface area contributed by atoms with Gasteiger partial charge in [0.15, 0.2) is 0 Å². The average Bonchev–Trinajstić information content (AvgIpc) is 2.97. The summed E-state index contributed by atoms with van der Waals surface area (Å²) >= 11 is 0. The summed E-state index contributed by atoms with van der Waals surface area (Å²) in [5, 5.41) is 21.0. The van der Waals surface area contributed by atoms with Gasteiger partial charge in [0.2, 0.25) is 0 Å². The SMILES string of the molecule is O=C(Nc1cccc2cn[nH]c12)c1ccc([N+](=O)[O-])cc1. The van der Waals surface area contributed by atoms with Crippen molar-refractivity contribution >= 4 is 28.2 Å². The average molecular weight is 282 g/mol. The number of benzene rings is 2. The Morgan fingerprint density at radius 1 is 1.19 bits per heavy atom. The van der Waals surface area contributed by atoms with Gasteiger partial charge in [-0.05, 0) is 18.2 Å². The van der Waals surface area contributed by atoms with Crippen molar-refractivity contribution in [2.75, 3.05) is 5.32 Å². The molecule has 2 N–H and O–H groups in total. The highest BCUT2D eigenvalue weighted by Gasteiger charge is 2.11. The lowest BCUT2D eigenvalue weighted by Gasteiger charge is -2.06. The Morgan fingerprint density at radius 3 is 2.67 bits per heavy atom. The molecular weight excluding hydrogens is 272 g/mol. The Hall–Kier alpha value is -3.22. The molecule has 3 aromatic rings. The van der Waals surface area contributed by atoms with Gasteiger partial charge in [0.1, 0.15) is 0 Å². The Morgan fingerprint density at radius 2 is 1.95 bits per heavy atom. The normalized spacial score (nSPS) is 10.5. The zero-order valence-corrected chi connectivity index (χ0v) is 10.7. The second kappa shape index (κ2) is 5.04. The van der Waals surface area contributed by atoms with Crippen LogP contribution in [0.25, 0.3) is 10.9 Å². The van der Waals surface area contributed by atoms with Crippen LogP contribution in [0.1, 0.15) is 10.4 Å². The predicted molar refractivity (Wildman–Crippen MR) is 77.1 cm³/mol. The molecule has 2 aromatic carbocycles. The number of carbonyl (C=O) groups is 1. The number of hydrogen-bond acceptors (Lipinski definition) is 4. The number of rotatable bonds is 3. The van der Waals surface area contributed by atoms with E-state index in [2.05, 4.69) is 15.5 Å². The molecular formula is C14H10N4O3. The first-order chi connectivity index (χ1) is 10.1. The number of nitro groups is 1. The molecule has 0 aliphatic carbocycles. The van der Waals surface area contributed by atoms with Crippen LogP contribution in [0, 0.1) is 10.1 Å². The molecule has 0 saturated carbocycles. The van der Waals surface area contributed by atoms with Gasteiger partial charge >= 0.3 is 0 Å². The van der Waals surface area contributed by atoms with Crippen LogP contribution in [0.5, 0.6) is 0 Å². The van der Waals surface area contributed by atoms with E-state index < -0.39 is 4.92 Å². The van der Waals surface area contributed by atoms with Crippen LogP contribution in [0.15, 0.2) is 48.7 Å². The highest BCUT2D eigenvalue weighted by Crippen LogP contribution is 2.21. The number of anilines is 1. The third kappa shape index (κ3) is 2.44. The van der Waals surface area contributed by atoms with Crippen LogP contribution >= 0.6 is 0 Å². The molecule has 0 aliphatic rings. The standard InChI is InChI=1S/C14H10N4O3/c19-14(9-4-6-11(7-5-9)18(20)21)16-12-3-1-2-10-8-15-17-13(10)12/h1-8H,(H,15,17)(H,16,19). The molecule has 1 aromatic heterocycles. The summed E-state index contributed by atoms with van der Waals surface area (Å²) in [6.45, 7) is 0. The summed E-state index contributed by atoms with van der Waals surface area (Å²) in [6.07, 6.45) is 1.66. The number of nitrogens with one attached hydrogen (secondary N) is 2. The molecule has 1 heterocycles. The maximum absolute atomic E-state index is 12.1. The van der Waals surface area contributed by atoms with Crippen molar-refractivity contribution in [1.29, 1.82) is 0 Å². The van der Waals surface area contributed by atoms with Gasteiger partial charge in [0.05, 0.1) is 22.3 Å². The quantitative estimate of drug-likeness (QED) is 0.569. The number of nitrogens with zero attached hydrogens (tertiary/aromatic N) is 2. The molecule has 0 fully saturated rings. The van der Waals surface area contributed by atoms with Crippen LogP contribution in [0.4, 0.5) is 11.4 Å². The third-order valence-corrected chi connectivity index (χ3v) is 3.07. The van der Waals surface area contributed by atoms with Crippen LogP contribution in [-0.2, 0) is 0 Å². The minimum Gasteiger partial charge on any atom is -0.320 e. The molecule has 1 amide bonds. The molecule has 0 aliphatic heterocycles. The lowest BCUT2D eigenvalue weighted by Crippen LogP contribution is -2.12. The van der Waals surface area contributed by atoms with Crippen molar-refractivity contribution in [3.05, 3.63) is 64.3 Å². The van der Waals surface area contributed by atoms with Gasteiger partial charge in [-0.2, -0.15) is 5.10 Å². The molecule has 3 rings (SSSR count). The van der Waals surface area contributed by atoms with E-state index in [-0.39, 0.29) is 11.6 Å². The summed E-state index contributed by atoms with van der Waals surface area (Å²) in [6, 6.07) is 10.9.